The molecule has 0 spiro atoms. The van der Waals surface area contributed by atoms with E-state index < -0.39 is 0 Å². The van der Waals surface area contributed by atoms with Crippen LogP contribution in [0.3, 0.4) is 0 Å². The first-order valence-electron chi connectivity index (χ1n) is 6.45. The molecule has 0 unspecified atom stereocenters. The molecule has 0 saturated heterocycles. The Hall–Kier alpha value is -1.78. The first-order valence-corrected chi connectivity index (χ1v) is 6.83. The highest BCUT2D eigenvalue weighted by atomic mass is 35.5. The Morgan fingerprint density at radius 2 is 2.30 bits per heavy atom. The van der Waals surface area contributed by atoms with Crippen LogP contribution in [0.15, 0.2) is 36.7 Å². The highest BCUT2D eigenvalue weighted by Gasteiger charge is 2.18. The normalized spacial score (nSPS) is 14.3. The van der Waals surface area contributed by atoms with Gasteiger partial charge in [0.05, 0.1) is 5.02 Å². The first-order chi connectivity index (χ1) is 9.74. The van der Waals surface area contributed by atoms with Crippen LogP contribution in [-0.2, 0) is 6.54 Å². The molecule has 0 bridgehead atoms. The minimum absolute atomic E-state index is 0.216. The quantitative estimate of drug-likeness (QED) is 0.938. The van der Waals surface area contributed by atoms with Crippen LogP contribution in [0.1, 0.15) is 24.1 Å². The maximum Gasteiger partial charge on any atom is 0.231 e. The second kappa shape index (κ2) is 5.69. The summed E-state index contributed by atoms with van der Waals surface area (Å²) < 4.78 is 10.7. The number of ether oxygens (including phenoxy) is 2. The Bertz CT molecular complexity index is 604. The van der Waals surface area contributed by atoms with Crippen molar-refractivity contribution in [2.24, 2.45) is 0 Å². The van der Waals surface area contributed by atoms with Gasteiger partial charge in [-0.15, -0.1) is 0 Å². The standard InChI is InChI=1S/C15H15ClN2O2/c1-10(12-3-2-4-17-8-12)18-7-11-5-13(16)15-14(6-11)19-9-20-15/h2-6,8,10,18H,7,9H2,1H3/t10-/m0/s1. The van der Waals surface area contributed by atoms with Crippen molar-refractivity contribution in [2.75, 3.05) is 6.79 Å². The molecule has 4 nitrogen and oxygen atoms in total. The topological polar surface area (TPSA) is 43.4 Å². The Morgan fingerprint density at radius 3 is 3.10 bits per heavy atom. The van der Waals surface area contributed by atoms with E-state index in [9.17, 15) is 0 Å². The van der Waals surface area contributed by atoms with Crippen molar-refractivity contribution in [1.82, 2.24) is 10.3 Å². The summed E-state index contributed by atoms with van der Waals surface area (Å²) in [7, 11) is 0. The number of aromatic nitrogens is 1. The van der Waals surface area contributed by atoms with Gasteiger partial charge in [-0.05, 0) is 36.2 Å². The summed E-state index contributed by atoms with van der Waals surface area (Å²) in [5.74, 6) is 1.35. The first kappa shape index (κ1) is 13.2. The molecule has 0 radical (unpaired) electrons. The van der Waals surface area contributed by atoms with E-state index in [1.54, 1.807) is 6.20 Å². The highest BCUT2D eigenvalue weighted by molar-refractivity contribution is 6.32. The molecule has 20 heavy (non-hydrogen) atoms. The molecular weight excluding hydrogens is 276 g/mol. The number of halogens is 1. The number of pyridine rings is 1. The maximum atomic E-state index is 6.16. The lowest BCUT2D eigenvalue weighted by Gasteiger charge is -2.14. The lowest BCUT2D eigenvalue weighted by Crippen LogP contribution is -2.18. The summed E-state index contributed by atoms with van der Waals surface area (Å²) in [5, 5.41) is 4.03. The van der Waals surface area contributed by atoms with Crippen molar-refractivity contribution in [2.45, 2.75) is 19.5 Å². The third-order valence-corrected chi connectivity index (χ3v) is 3.56. The molecule has 3 rings (SSSR count). The molecule has 1 aromatic heterocycles. The summed E-state index contributed by atoms with van der Waals surface area (Å²) >= 11 is 6.16. The van der Waals surface area contributed by atoms with Crippen molar-refractivity contribution >= 4 is 11.6 Å². The van der Waals surface area contributed by atoms with Gasteiger partial charge in [-0.3, -0.25) is 4.98 Å². The van der Waals surface area contributed by atoms with E-state index in [1.165, 1.54) is 0 Å². The highest BCUT2D eigenvalue weighted by Crippen LogP contribution is 2.39. The van der Waals surface area contributed by atoms with Gasteiger partial charge in [-0.1, -0.05) is 17.7 Å². The smallest absolute Gasteiger partial charge is 0.231 e. The third kappa shape index (κ3) is 2.71. The largest absolute Gasteiger partial charge is 0.454 e. The SMILES string of the molecule is C[C@H](NCc1cc(Cl)c2c(c1)OCO2)c1cccnc1. The van der Waals surface area contributed by atoms with Crippen LogP contribution in [0.2, 0.25) is 5.02 Å². The number of rotatable bonds is 4. The summed E-state index contributed by atoms with van der Waals surface area (Å²) in [6.45, 7) is 3.04. The van der Waals surface area contributed by atoms with Crippen LogP contribution in [0.4, 0.5) is 0 Å². The second-order valence-electron chi connectivity index (χ2n) is 4.70. The van der Waals surface area contributed by atoms with E-state index >= 15 is 0 Å². The van der Waals surface area contributed by atoms with Crippen molar-refractivity contribution in [3.63, 3.8) is 0 Å². The molecule has 1 aliphatic rings. The monoisotopic (exact) mass is 290 g/mol. The molecule has 1 atom stereocenters. The van der Waals surface area contributed by atoms with E-state index in [0.29, 0.717) is 23.1 Å². The van der Waals surface area contributed by atoms with Crippen LogP contribution in [0, 0.1) is 0 Å². The molecular formula is C15H15ClN2O2. The Labute approximate surface area is 122 Å². The Balaban J connectivity index is 1.68. The molecule has 0 fully saturated rings. The number of nitrogens with one attached hydrogen (secondary N) is 1. The maximum absolute atomic E-state index is 6.16. The van der Waals surface area contributed by atoms with Crippen molar-refractivity contribution in [3.8, 4) is 11.5 Å². The minimum atomic E-state index is 0.216. The molecule has 0 saturated carbocycles. The van der Waals surface area contributed by atoms with Gasteiger partial charge in [0.1, 0.15) is 0 Å². The molecule has 5 heteroatoms. The predicted molar refractivity (Wildman–Crippen MR) is 77.1 cm³/mol. The average molecular weight is 291 g/mol. The lowest BCUT2D eigenvalue weighted by atomic mass is 10.1. The summed E-state index contributed by atoms with van der Waals surface area (Å²) in [6, 6.07) is 8.06. The average Bonchev–Trinajstić information content (AvgIpc) is 2.94. The van der Waals surface area contributed by atoms with Gasteiger partial charge in [0.25, 0.3) is 0 Å². The Kier molecular flexibility index (Phi) is 3.76. The number of hydrogen-bond donors (Lipinski definition) is 1. The molecule has 0 aliphatic carbocycles. The number of hydrogen-bond acceptors (Lipinski definition) is 4. The van der Waals surface area contributed by atoms with Crippen LogP contribution < -0.4 is 14.8 Å². The van der Waals surface area contributed by atoms with Gasteiger partial charge in [-0.25, -0.2) is 0 Å². The molecule has 2 heterocycles. The van der Waals surface area contributed by atoms with Gasteiger partial charge in [0.2, 0.25) is 6.79 Å². The molecule has 2 aromatic rings. The van der Waals surface area contributed by atoms with Crippen LogP contribution >= 0.6 is 11.6 Å². The van der Waals surface area contributed by atoms with E-state index in [1.807, 2.05) is 24.4 Å². The van der Waals surface area contributed by atoms with Crippen LogP contribution in [-0.4, -0.2) is 11.8 Å². The van der Waals surface area contributed by atoms with E-state index in [2.05, 4.69) is 23.3 Å². The molecule has 104 valence electrons. The van der Waals surface area contributed by atoms with Gasteiger partial charge >= 0.3 is 0 Å². The van der Waals surface area contributed by atoms with E-state index in [4.69, 9.17) is 21.1 Å². The van der Waals surface area contributed by atoms with Gasteiger partial charge in [0.15, 0.2) is 11.5 Å². The van der Waals surface area contributed by atoms with Crippen LogP contribution in [0.5, 0.6) is 11.5 Å². The van der Waals surface area contributed by atoms with E-state index in [-0.39, 0.29) is 12.8 Å². The zero-order chi connectivity index (χ0) is 13.9. The van der Waals surface area contributed by atoms with Gasteiger partial charge < -0.3 is 14.8 Å². The van der Waals surface area contributed by atoms with Crippen molar-refractivity contribution in [3.05, 3.63) is 52.8 Å². The fourth-order valence-corrected chi connectivity index (χ4v) is 2.43. The lowest BCUT2D eigenvalue weighted by molar-refractivity contribution is 0.174. The summed E-state index contributed by atoms with van der Waals surface area (Å²) in [4.78, 5) is 4.12. The van der Waals surface area contributed by atoms with Crippen molar-refractivity contribution in [1.29, 1.82) is 0 Å². The Morgan fingerprint density at radius 1 is 1.40 bits per heavy atom. The van der Waals surface area contributed by atoms with Gasteiger partial charge in [0, 0.05) is 25.0 Å². The van der Waals surface area contributed by atoms with Crippen molar-refractivity contribution < 1.29 is 9.47 Å². The van der Waals surface area contributed by atoms with Gasteiger partial charge in [-0.2, -0.15) is 0 Å². The number of nitrogens with zero attached hydrogens (tertiary/aromatic N) is 1. The summed E-state index contributed by atoms with van der Waals surface area (Å²) in [5.41, 5.74) is 2.22. The molecule has 1 aromatic carbocycles. The minimum Gasteiger partial charge on any atom is -0.454 e. The number of fused-ring (bicyclic) bond motifs is 1. The van der Waals surface area contributed by atoms with Crippen LogP contribution in [0.25, 0.3) is 0 Å². The zero-order valence-electron chi connectivity index (χ0n) is 11.1. The molecule has 0 amide bonds. The predicted octanol–water partition coefficient (Wildman–Crippen LogP) is 3.31. The molecule has 1 N–H and O–H groups in total. The molecule has 1 aliphatic heterocycles. The fourth-order valence-electron chi connectivity index (χ4n) is 2.14. The zero-order valence-corrected chi connectivity index (χ0v) is 11.9. The second-order valence-corrected chi connectivity index (χ2v) is 5.11. The summed E-state index contributed by atoms with van der Waals surface area (Å²) in [6.07, 6.45) is 3.64. The van der Waals surface area contributed by atoms with E-state index in [0.717, 1.165) is 11.1 Å². The number of benzene rings is 1. The third-order valence-electron chi connectivity index (χ3n) is 3.28. The fraction of sp³-hybridized carbons (Fsp3) is 0.267.